The number of hydrogen-bond acceptors (Lipinski definition) is 4. The predicted molar refractivity (Wildman–Crippen MR) is 105 cm³/mol. The number of benzene rings is 2. The standard InChI is InChI=1S/C23H21NO3/c1-15-21(22(25)27-23(15,2)3)17-9-12-19(13-10-17)26-14-18-11-8-16-6-4-5-7-20(16)24-18/h4-13H,14H2,1-3H3. The highest BCUT2D eigenvalue weighted by Gasteiger charge is 2.38. The van der Waals surface area contributed by atoms with Crippen LogP contribution in [-0.4, -0.2) is 16.6 Å². The van der Waals surface area contributed by atoms with E-state index in [-0.39, 0.29) is 5.97 Å². The number of para-hydroxylation sites is 1. The van der Waals surface area contributed by atoms with Crippen LogP contribution in [-0.2, 0) is 16.1 Å². The molecule has 0 radical (unpaired) electrons. The van der Waals surface area contributed by atoms with Gasteiger partial charge in [-0.15, -0.1) is 0 Å². The van der Waals surface area contributed by atoms with E-state index in [0.717, 1.165) is 33.5 Å². The molecule has 1 aliphatic rings. The Bertz CT molecular complexity index is 1050. The van der Waals surface area contributed by atoms with Gasteiger partial charge in [0.2, 0.25) is 0 Å². The fourth-order valence-electron chi connectivity index (χ4n) is 3.21. The molecule has 0 atom stereocenters. The number of carbonyl (C=O) groups is 1. The molecule has 0 N–H and O–H groups in total. The van der Waals surface area contributed by atoms with E-state index in [0.29, 0.717) is 12.2 Å². The lowest BCUT2D eigenvalue weighted by atomic mass is 9.94. The lowest BCUT2D eigenvalue weighted by Crippen LogP contribution is -2.21. The average molecular weight is 359 g/mol. The Balaban J connectivity index is 1.49. The number of nitrogens with zero attached hydrogens (tertiary/aromatic N) is 1. The van der Waals surface area contributed by atoms with E-state index in [1.165, 1.54) is 0 Å². The van der Waals surface area contributed by atoms with Crippen LogP contribution in [0.2, 0.25) is 0 Å². The van der Waals surface area contributed by atoms with E-state index in [1.807, 2.05) is 81.4 Å². The second-order valence-electron chi connectivity index (χ2n) is 7.21. The van der Waals surface area contributed by atoms with Crippen molar-refractivity contribution >= 4 is 22.4 Å². The van der Waals surface area contributed by atoms with Crippen LogP contribution in [0.3, 0.4) is 0 Å². The molecule has 0 fully saturated rings. The summed E-state index contributed by atoms with van der Waals surface area (Å²) in [5, 5.41) is 1.11. The highest BCUT2D eigenvalue weighted by atomic mass is 16.6. The van der Waals surface area contributed by atoms with Gasteiger partial charge < -0.3 is 9.47 Å². The number of rotatable bonds is 4. The molecule has 1 aliphatic heterocycles. The Morgan fingerprint density at radius 1 is 1.00 bits per heavy atom. The monoisotopic (exact) mass is 359 g/mol. The number of ether oxygens (including phenoxy) is 2. The number of pyridine rings is 1. The Hall–Kier alpha value is -3.14. The van der Waals surface area contributed by atoms with Gasteiger partial charge in [-0.2, -0.15) is 0 Å². The topological polar surface area (TPSA) is 48.4 Å². The number of aromatic nitrogens is 1. The fraction of sp³-hybridized carbons (Fsp3) is 0.217. The summed E-state index contributed by atoms with van der Waals surface area (Å²) in [6.07, 6.45) is 0. The van der Waals surface area contributed by atoms with Gasteiger partial charge in [0, 0.05) is 5.39 Å². The number of hydrogen-bond donors (Lipinski definition) is 0. The molecule has 0 saturated carbocycles. The number of cyclic esters (lactones) is 1. The van der Waals surface area contributed by atoms with Crippen molar-refractivity contribution < 1.29 is 14.3 Å². The van der Waals surface area contributed by atoms with Crippen molar-refractivity contribution in [1.29, 1.82) is 0 Å². The Morgan fingerprint density at radius 3 is 2.44 bits per heavy atom. The summed E-state index contributed by atoms with van der Waals surface area (Å²) in [6.45, 7) is 6.14. The first-order chi connectivity index (χ1) is 12.9. The van der Waals surface area contributed by atoms with E-state index in [4.69, 9.17) is 9.47 Å². The van der Waals surface area contributed by atoms with Crippen LogP contribution in [0, 0.1) is 0 Å². The predicted octanol–water partition coefficient (Wildman–Crippen LogP) is 4.92. The van der Waals surface area contributed by atoms with Crippen molar-refractivity contribution in [3.63, 3.8) is 0 Å². The fourth-order valence-corrected chi connectivity index (χ4v) is 3.21. The maximum absolute atomic E-state index is 12.2. The van der Waals surface area contributed by atoms with E-state index < -0.39 is 5.60 Å². The van der Waals surface area contributed by atoms with Crippen LogP contribution in [0.25, 0.3) is 16.5 Å². The Labute approximate surface area is 158 Å². The largest absolute Gasteiger partial charge is 0.487 e. The van der Waals surface area contributed by atoms with Gasteiger partial charge in [0.25, 0.3) is 0 Å². The molecule has 27 heavy (non-hydrogen) atoms. The van der Waals surface area contributed by atoms with Crippen LogP contribution in [0.4, 0.5) is 0 Å². The SMILES string of the molecule is CC1=C(c2ccc(OCc3ccc4ccccc4n3)cc2)C(=O)OC1(C)C. The van der Waals surface area contributed by atoms with Crippen molar-refractivity contribution in [2.45, 2.75) is 33.0 Å². The summed E-state index contributed by atoms with van der Waals surface area (Å²) < 4.78 is 11.3. The maximum atomic E-state index is 12.2. The third-order valence-corrected chi connectivity index (χ3v) is 5.02. The third kappa shape index (κ3) is 3.31. The van der Waals surface area contributed by atoms with Crippen LogP contribution in [0.15, 0.2) is 66.2 Å². The van der Waals surface area contributed by atoms with Gasteiger partial charge in [-0.05, 0) is 56.2 Å². The summed E-state index contributed by atoms with van der Waals surface area (Å²) in [7, 11) is 0. The minimum atomic E-state index is -0.552. The molecule has 136 valence electrons. The van der Waals surface area contributed by atoms with E-state index in [1.54, 1.807) is 0 Å². The van der Waals surface area contributed by atoms with Gasteiger partial charge in [0.15, 0.2) is 0 Å². The molecule has 2 heterocycles. The first-order valence-electron chi connectivity index (χ1n) is 8.97. The minimum absolute atomic E-state index is 0.272. The summed E-state index contributed by atoms with van der Waals surface area (Å²) in [5.41, 5.74) is 3.71. The number of esters is 1. The first-order valence-corrected chi connectivity index (χ1v) is 8.97. The van der Waals surface area contributed by atoms with Crippen molar-refractivity contribution in [2.75, 3.05) is 0 Å². The van der Waals surface area contributed by atoms with E-state index >= 15 is 0 Å². The van der Waals surface area contributed by atoms with E-state index in [9.17, 15) is 4.79 Å². The summed E-state index contributed by atoms with van der Waals surface area (Å²) in [6, 6.07) is 19.6. The molecule has 4 nitrogen and oxygen atoms in total. The van der Waals surface area contributed by atoms with Gasteiger partial charge in [0.1, 0.15) is 18.0 Å². The summed E-state index contributed by atoms with van der Waals surface area (Å²) in [4.78, 5) is 16.8. The Morgan fingerprint density at radius 2 is 1.74 bits per heavy atom. The van der Waals surface area contributed by atoms with Crippen molar-refractivity contribution in [3.8, 4) is 5.75 Å². The van der Waals surface area contributed by atoms with Crippen LogP contribution in [0.1, 0.15) is 32.0 Å². The van der Waals surface area contributed by atoms with Crippen LogP contribution in [0.5, 0.6) is 5.75 Å². The quantitative estimate of drug-likeness (QED) is 0.620. The lowest BCUT2D eigenvalue weighted by Gasteiger charge is -2.18. The molecule has 0 spiro atoms. The molecule has 3 aromatic rings. The average Bonchev–Trinajstić information content (AvgIpc) is 2.87. The molecular weight excluding hydrogens is 338 g/mol. The molecule has 0 bridgehead atoms. The van der Waals surface area contributed by atoms with Crippen molar-refractivity contribution in [2.24, 2.45) is 0 Å². The molecule has 0 saturated heterocycles. The Kier molecular flexibility index (Phi) is 4.19. The smallest absolute Gasteiger partial charge is 0.339 e. The zero-order chi connectivity index (χ0) is 19.0. The van der Waals surface area contributed by atoms with Crippen molar-refractivity contribution in [1.82, 2.24) is 4.98 Å². The summed E-state index contributed by atoms with van der Waals surface area (Å²) in [5.74, 6) is 0.462. The normalized spacial score (nSPS) is 15.9. The molecule has 1 aromatic heterocycles. The van der Waals surface area contributed by atoms with Gasteiger partial charge >= 0.3 is 5.97 Å². The molecule has 4 heteroatoms. The van der Waals surface area contributed by atoms with Crippen LogP contribution >= 0.6 is 0 Å². The molecule has 0 unspecified atom stereocenters. The first kappa shape index (κ1) is 17.3. The third-order valence-electron chi connectivity index (χ3n) is 5.02. The van der Waals surface area contributed by atoms with E-state index in [2.05, 4.69) is 4.98 Å². The van der Waals surface area contributed by atoms with Gasteiger partial charge in [-0.1, -0.05) is 36.4 Å². The summed E-state index contributed by atoms with van der Waals surface area (Å²) >= 11 is 0. The van der Waals surface area contributed by atoms with Crippen molar-refractivity contribution in [3.05, 3.63) is 77.5 Å². The zero-order valence-electron chi connectivity index (χ0n) is 15.7. The second-order valence-corrected chi connectivity index (χ2v) is 7.21. The second kappa shape index (κ2) is 6.54. The number of carbonyl (C=O) groups excluding carboxylic acids is 1. The van der Waals surface area contributed by atoms with Crippen LogP contribution < -0.4 is 4.74 Å². The highest BCUT2D eigenvalue weighted by molar-refractivity contribution is 6.20. The molecular formula is C23H21NO3. The zero-order valence-corrected chi connectivity index (χ0v) is 15.7. The van der Waals surface area contributed by atoms with Gasteiger partial charge in [0.05, 0.1) is 16.8 Å². The number of fused-ring (bicyclic) bond motifs is 1. The molecule has 0 amide bonds. The molecule has 0 aliphatic carbocycles. The molecule has 2 aromatic carbocycles. The van der Waals surface area contributed by atoms with Gasteiger partial charge in [-0.25, -0.2) is 9.78 Å². The maximum Gasteiger partial charge on any atom is 0.339 e. The lowest BCUT2D eigenvalue weighted by molar-refractivity contribution is -0.142. The molecule has 4 rings (SSSR count). The highest BCUT2D eigenvalue weighted by Crippen LogP contribution is 2.37. The minimum Gasteiger partial charge on any atom is -0.487 e. The van der Waals surface area contributed by atoms with Gasteiger partial charge in [-0.3, -0.25) is 0 Å².